The minimum atomic E-state index is -0.0188. The van der Waals surface area contributed by atoms with Crippen LogP contribution >= 0.6 is 11.3 Å². The van der Waals surface area contributed by atoms with Gasteiger partial charge < -0.3 is 16.0 Å². The molecule has 1 saturated carbocycles. The van der Waals surface area contributed by atoms with Gasteiger partial charge >= 0.3 is 0 Å². The molecule has 1 aromatic carbocycles. The van der Waals surface area contributed by atoms with Crippen molar-refractivity contribution in [3.8, 4) is 11.3 Å². The molecule has 1 fully saturated rings. The summed E-state index contributed by atoms with van der Waals surface area (Å²) in [5.41, 5.74) is 8.36. The monoisotopic (exact) mass is 384 g/mol. The lowest BCUT2D eigenvalue weighted by Gasteiger charge is -2.26. The van der Waals surface area contributed by atoms with E-state index in [1.807, 2.05) is 30.5 Å². The summed E-state index contributed by atoms with van der Waals surface area (Å²) in [6, 6.07) is 8.32. The van der Waals surface area contributed by atoms with Crippen LogP contribution in [0, 0.1) is 0 Å². The molecule has 0 saturated heterocycles. The second-order valence-corrected chi connectivity index (χ2v) is 8.25. The van der Waals surface area contributed by atoms with Crippen molar-refractivity contribution in [1.82, 2.24) is 19.5 Å². The lowest BCUT2D eigenvalue weighted by molar-refractivity contribution is 0.0827. The predicted molar refractivity (Wildman–Crippen MR) is 108 cm³/mol. The molecule has 2 aromatic heterocycles. The Kier molecular flexibility index (Phi) is 4.84. The molecule has 1 amide bonds. The first-order valence-corrected chi connectivity index (χ1v) is 10.0. The van der Waals surface area contributed by atoms with Gasteiger partial charge in [0.05, 0.1) is 11.9 Å². The summed E-state index contributed by atoms with van der Waals surface area (Å²) in [6.07, 6.45) is 6.20. The molecule has 3 aromatic rings. The topological polar surface area (TPSA) is 88.5 Å². The van der Waals surface area contributed by atoms with Gasteiger partial charge in [-0.25, -0.2) is 9.50 Å². The average Bonchev–Trinajstić information content (AvgIpc) is 3.21. The minimum absolute atomic E-state index is 0.0188. The van der Waals surface area contributed by atoms with Gasteiger partial charge in [-0.05, 0) is 37.8 Å². The summed E-state index contributed by atoms with van der Waals surface area (Å²) < 4.78 is 1.80. The number of carbonyl (C=O) groups is 1. The van der Waals surface area contributed by atoms with E-state index in [1.165, 1.54) is 0 Å². The van der Waals surface area contributed by atoms with Crippen LogP contribution in [0.5, 0.6) is 0 Å². The Morgan fingerprint density at radius 3 is 2.78 bits per heavy atom. The standard InChI is InChI=1S/C19H24N6OS/c1-24(2)17(26)13-5-3-4-12(10-13)16-11-25-19(22-16)27-18(23-25)21-15-8-6-14(20)7-9-15/h3-5,10-11,14-15H,6-9,20H2,1-2H3,(H,21,23). The molecular formula is C19H24N6OS. The lowest BCUT2D eigenvalue weighted by Crippen LogP contribution is -2.32. The van der Waals surface area contributed by atoms with E-state index < -0.39 is 0 Å². The van der Waals surface area contributed by atoms with Crippen LogP contribution < -0.4 is 11.1 Å². The number of amides is 1. The summed E-state index contributed by atoms with van der Waals surface area (Å²) in [5, 5.41) is 9.02. The second-order valence-electron chi connectivity index (χ2n) is 7.30. The molecule has 142 valence electrons. The summed E-state index contributed by atoms with van der Waals surface area (Å²) >= 11 is 1.55. The van der Waals surface area contributed by atoms with Gasteiger partial charge in [0.15, 0.2) is 0 Å². The summed E-state index contributed by atoms with van der Waals surface area (Å²) in [4.78, 5) is 19.3. The Morgan fingerprint density at radius 1 is 1.30 bits per heavy atom. The molecule has 2 heterocycles. The zero-order valence-corrected chi connectivity index (χ0v) is 16.4. The molecular weight excluding hydrogens is 360 g/mol. The Hall–Kier alpha value is -2.45. The van der Waals surface area contributed by atoms with E-state index in [9.17, 15) is 4.79 Å². The van der Waals surface area contributed by atoms with Gasteiger partial charge in [0, 0.05) is 37.3 Å². The van der Waals surface area contributed by atoms with Crippen molar-refractivity contribution in [3.63, 3.8) is 0 Å². The Balaban J connectivity index is 1.52. The van der Waals surface area contributed by atoms with E-state index in [1.54, 1.807) is 34.8 Å². The Labute approximate surface area is 162 Å². The largest absolute Gasteiger partial charge is 0.357 e. The molecule has 0 unspecified atom stereocenters. The number of carbonyl (C=O) groups excluding carboxylic acids is 1. The first-order valence-electron chi connectivity index (χ1n) is 9.20. The zero-order chi connectivity index (χ0) is 19.0. The second kappa shape index (κ2) is 7.28. The molecule has 1 aliphatic rings. The third kappa shape index (κ3) is 3.81. The highest BCUT2D eigenvalue weighted by Crippen LogP contribution is 2.27. The van der Waals surface area contributed by atoms with Crippen LogP contribution in [0.15, 0.2) is 30.5 Å². The lowest BCUT2D eigenvalue weighted by atomic mass is 9.92. The first kappa shape index (κ1) is 17.9. The summed E-state index contributed by atoms with van der Waals surface area (Å²) in [5.74, 6) is -0.0188. The quantitative estimate of drug-likeness (QED) is 0.722. The van der Waals surface area contributed by atoms with Gasteiger partial charge in [0.2, 0.25) is 10.1 Å². The SMILES string of the molecule is CN(C)C(=O)c1cccc(-c2cn3nc(NC4CCC(N)CC4)sc3n2)c1. The number of anilines is 1. The maximum absolute atomic E-state index is 12.2. The number of nitrogens with two attached hydrogens (primary N) is 1. The number of nitrogens with one attached hydrogen (secondary N) is 1. The first-order chi connectivity index (χ1) is 13.0. The Bertz CT molecular complexity index is 923. The van der Waals surface area contributed by atoms with Gasteiger partial charge in [0.25, 0.3) is 5.91 Å². The molecule has 3 N–H and O–H groups in total. The zero-order valence-electron chi connectivity index (χ0n) is 15.6. The van der Waals surface area contributed by atoms with E-state index in [0.717, 1.165) is 47.0 Å². The number of benzene rings is 1. The molecule has 1 aliphatic carbocycles. The van der Waals surface area contributed by atoms with Crippen molar-refractivity contribution in [2.75, 3.05) is 19.4 Å². The van der Waals surface area contributed by atoms with Crippen molar-refractivity contribution in [2.45, 2.75) is 37.8 Å². The summed E-state index contributed by atoms with van der Waals surface area (Å²) in [6.45, 7) is 0. The number of rotatable bonds is 4. The molecule has 0 aliphatic heterocycles. The van der Waals surface area contributed by atoms with E-state index in [4.69, 9.17) is 5.73 Å². The van der Waals surface area contributed by atoms with Crippen LogP contribution in [0.25, 0.3) is 16.2 Å². The van der Waals surface area contributed by atoms with E-state index in [0.29, 0.717) is 17.6 Å². The number of hydrogen-bond donors (Lipinski definition) is 2. The molecule has 8 heteroatoms. The maximum Gasteiger partial charge on any atom is 0.253 e. The molecule has 27 heavy (non-hydrogen) atoms. The van der Waals surface area contributed by atoms with Crippen molar-refractivity contribution in [1.29, 1.82) is 0 Å². The fourth-order valence-electron chi connectivity index (χ4n) is 3.41. The number of imidazole rings is 1. The van der Waals surface area contributed by atoms with Gasteiger partial charge in [-0.3, -0.25) is 4.79 Å². The highest BCUT2D eigenvalue weighted by atomic mass is 32.1. The number of aromatic nitrogens is 3. The number of nitrogens with zero attached hydrogens (tertiary/aromatic N) is 4. The number of fused-ring (bicyclic) bond motifs is 1. The van der Waals surface area contributed by atoms with Crippen LogP contribution in [0.4, 0.5) is 5.13 Å². The fourth-order valence-corrected chi connectivity index (χ4v) is 4.26. The number of hydrogen-bond acceptors (Lipinski definition) is 6. The predicted octanol–water partition coefficient (Wildman–Crippen LogP) is 2.84. The normalized spacial score (nSPS) is 20.0. The highest BCUT2D eigenvalue weighted by molar-refractivity contribution is 7.20. The summed E-state index contributed by atoms with van der Waals surface area (Å²) in [7, 11) is 3.50. The van der Waals surface area contributed by atoms with Crippen LogP contribution in [0.3, 0.4) is 0 Å². The minimum Gasteiger partial charge on any atom is -0.357 e. The highest BCUT2D eigenvalue weighted by Gasteiger charge is 2.20. The molecule has 0 radical (unpaired) electrons. The van der Waals surface area contributed by atoms with Crippen LogP contribution in [-0.4, -0.2) is 51.6 Å². The van der Waals surface area contributed by atoms with Crippen LogP contribution in [-0.2, 0) is 0 Å². The Morgan fingerprint density at radius 2 is 2.07 bits per heavy atom. The van der Waals surface area contributed by atoms with Crippen molar-refractivity contribution in [3.05, 3.63) is 36.0 Å². The molecule has 7 nitrogen and oxygen atoms in total. The van der Waals surface area contributed by atoms with Crippen LogP contribution in [0.2, 0.25) is 0 Å². The van der Waals surface area contributed by atoms with Gasteiger partial charge in [-0.15, -0.1) is 5.10 Å². The fraction of sp³-hybridized carbons (Fsp3) is 0.421. The molecule has 4 rings (SSSR count). The maximum atomic E-state index is 12.2. The van der Waals surface area contributed by atoms with Crippen molar-refractivity contribution >= 4 is 27.3 Å². The van der Waals surface area contributed by atoms with Crippen molar-refractivity contribution < 1.29 is 4.79 Å². The van der Waals surface area contributed by atoms with Gasteiger partial charge in [-0.1, -0.05) is 23.5 Å². The average molecular weight is 385 g/mol. The van der Waals surface area contributed by atoms with Gasteiger partial charge in [0.1, 0.15) is 0 Å². The molecule has 0 bridgehead atoms. The molecule has 0 atom stereocenters. The molecule has 0 spiro atoms. The van der Waals surface area contributed by atoms with Crippen LogP contribution in [0.1, 0.15) is 36.0 Å². The van der Waals surface area contributed by atoms with Gasteiger partial charge in [-0.2, -0.15) is 0 Å². The van der Waals surface area contributed by atoms with Crippen molar-refractivity contribution in [2.24, 2.45) is 5.73 Å². The third-order valence-electron chi connectivity index (χ3n) is 4.95. The third-order valence-corrected chi connectivity index (χ3v) is 5.81. The van der Waals surface area contributed by atoms with E-state index in [-0.39, 0.29) is 5.91 Å². The van der Waals surface area contributed by atoms with E-state index >= 15 is 0 Å². The van der Waals surface area contributed by atoms with E-state index in [2.05, 4.69) is 15.4 Å². The smallest absolute Gasteiger partial charge is 0.253 e.